The quantitative estimate of drug-likeness (QED) is 0.809. The Bertz CT molecular complexity index is 444. The molecular weight excluding hydrogens is 270 g/mol. The molecule has 0 amide bonds. The van der Waals surface area contributed by atoms with E-state index in [4.69, 9.17) is 4.52 Å². The van der Waals surface area contributed by atoms with E-state index in [0.717, 1.165) is 12.0 Å². The van der Waals surface area contributed by atoms with E-state index < -0.39 is 0 Å². The number of halogens is 1. The van der Waals surface area contributed by atoms with Crippen LogP contribution in [0.15, 0.2) is 29.0 Å². The van der Waals surface area contributed by atoms with Gasteiger partial charge >= 0.3 is 0 Å². The molecule has 1 atom stereocenters. The molecule has 2 aromatic rings. The summed E-state index contributed by atoms with van der Waals surface area (Å²) < 4.78 is 5.17. The van der Waals surface area contributed by atoms with Crippen molar-refractivity contribution in [1.82, 2.24) is 15.1 Å². The van der Waals surface area contributed by atoms with Crippen LogP contribution in [-0.4, -0.2) is 15.1 Å². The average Bonchev–Trinajstić information content (AvgIpc) is 2.78. The highest BCUT2D eigenvalue weighted by molar-refractivity contribution is 9.09. The summed E-state index contributed by atoms with van der Waals surface area (Å²) in [5.41, 5.74) is 1.13. The van der Waals surface area contributed by atoms with Crippen LogP contribution in [-0.2, 0) is 6.42 Å². The number of aromatic nitrogens is 3. The molecule has 1 unspecified atom stereocenters. The molecule has 2 rings (SSSR count). The van der Waals surface area contributed by atoms with Crippen LogP contribution in [0.1, 0.15) is 35.5 Å². The Kier molecular flexibility index (Phi) is 3.66. The molecular formula is C11H12BrN3O. The predicted molar refractivity (Wildman–Crippen MR) is 63.3 cm³/mol. The zero-order valence-corrected chi connectivity index (χ0v) is 10.5. The van der Waals surface area contributed by atoms with Gasteiger partial charge in [0.25, 0.3) is 0 Å². The van der Waals surface area contributed by atoms with Crippen LogP contribution < -0.4 is 0 Å². The Hall–Kier alpha value is -1.23. The van der Waals surface area contributed by atoms with E-state index in [1.54, 1.807) is 12.4 Å². The lowest BCUT2D eigenvalue weighted by molar-refractivity contribution is 0.372. The molecule has 0 spiro atoms. The zero-order valence-electron chi connectivity index (χ0n) is 8.93. The largest absolute Gasteiger partial charge is 0.338 e. The maximum Gasteiger partial charge on any atom is 0.240 e. The third-order valence-corrected chi connectivity index (χ3v) is 3.26. The number of pyridine rings is 1. The molecule has 0 aliphatic rings. The van der Waals surface area contributed by atoms with E-state index in [-0.39, 0.29) is 4.83 Å². The minimum Gasteiger partial charge on any atom is -0.338 e. The van der Waals surface area contributed by atoms with Crippen molar-refractivity contribution in [2.24, 2.45) is 0 Å². The molecule has 0 bridgehead atoms. The van der Waals surface area contributed by atoms with E-state index in [1.165, 1.54) is 0 Å². The molecule has 4 nitrogen and oxygen atoms in total. The molecule has 0 saturated heterocycles. The summed E-state index contributed by atoms with van der Waals surface area (Å²) in [7, 11) is 0. The second-order valence-electron chi connectivity index (χ2n) is 3.46. The second kappa shape index (κ2) is 5.21. The summed E-state index contributed by atoms with van der Waals surface area (Å²) in [6.45, 7) is 2.06. The van der Waals surface area contributed by atoms with Crippen LogP contribution in [0.5, 0.6) is 0 Å². The molecule has 84 valence electrons. The number of hydrogen-bond acceptors (Lipinski definition) is 4. The first kappa shape index (κ1) is 11.3. The van der Waals surface area contributed by atoms with Gasteiger partial charge in [0.05, 0.1) is 4.83 Å². The summed E-state index contributed by atoms with van der Waals surface area (Å²) in [4.78, 5) is 8.44. The molecule has 0 N–H and O–H groups in total. The van der Waals surface area contributed by atoms with Crippen LogP contribution in [0, 0.1) is 0 Å². The lowest BCUT2D eigenvalue weighted by Gasteiger charge is -1.96. The van der Waals surface area contributed by atoms with E-state index in [2.05, 4.69) is 38.0 Å². The van der Waals surface area contributed by atoms with Gasteiger partial charge < -0.3 is 4.52 Å². The van der Waals surface area contributed by atoms with Crippen molar-refractivity contribution in [3.05, 3.63) is 41.8 Å². The van der Waals surface area contributed by atoms with Crippen molar-refractivity contribution in [3.63, 3.8) is 0 Å². The van der Waals surface area contributed by atoms with Gasteiger partial charge in [-0.05, 0) is 24.1 Å². The first-order valence-corrected chi connectivity index (χ1v) is 6.06. The summed E-state index contributed by atoms with van der Waals surface area (Å²) in [6, 6.07) is 3.89. The van der Waals surface area contributed by atoms with Crippen molar-refractivity contribution in [3.8, 4) is 0 Å². The topological polar surface area (TPSA) is 51.8 Å². The fourth-order valence-corrected chi connectivity index (χ4v) is 1.51. The summed E-state index contributed by atoms with van der Waals surface area (Å²) >= 11 is 3.48. The van der Waals surface area contributed by atoms with Gasteiger partial charge in [0.2, 0.25) is 5.89 Å². The van der Waals surface area contributed by atoms with Crippen molar-refractivity contribution in [2.45, 2.75) is 24.6 Å². The number of alkyl halides is 1. The molecule has 0 aliphatic carbocycles. The normalized spacial score (nSPS) is 12.6. The SMILES string of the molecule is CCC(Br)c1nc(Cc2ccncc2)no1. The number of nitrogens with zero attached hydrogens (tertiary/aromatic N) is 3. The molecule has 0 radical (unpaired) electrons. The molecule has 2 aromatic heterocycles. The molecule has 16 heavy (non-hydrogen) atoms. The van der Waals surface area contributed by atoms with Gasteiger partial charge in [-0.1, -0.05) is 28.0 Å². The minimum atomic E-state index is 0.145. The van der Waals surface area contributed by atoms with Gasteiger partial charge in [0.1, 0.15) is 0 Å². The smallest absolute Gasteiger partial charge is 0.240 e. The Balaban J connectivity index is 2.09. The predicted octanol–water partition coefficient (Wildman–Crippen LogP) is 2.90. The molecule has 0 aromatic carbocycles. The van der Waals surface area contributed by atoms with Gasteiger partial charge in [-0.2, -0.15) is 4.98 Å². The monoisotopic (exact) mass is 281 g/mol. The Labute approximate surface area is 102 Å². The lowest BCUT2D eigenvalue weighted by Crippen LogP contribution is -1.92. The van der Waals surface area contributed by atoms with E-state index in [1.807, 2.05) is 12.1 Å². The van der Waals surface area contributed by atoms with Crippen LogP contribution in [0.2, 0.25) is 0 Å². The van der Waals surface area contributed by atoms with E-state index in [0.29, 0.717) is 18.1 Å². The van der Waals surface area contributed by atoms with Crippen molar-refractivity contribution >= 4 is 15.9 Å². The van der Waals surface area contributed by atoms with Crippen molar-refractivity contribution in [1.29, 1.82) is 0 Å². The fourth-order valence-electron chi connectivity index (χ4n) is 1.32. The van der Waals surface area contributed by atoms with Crippen LogP contribution >= 0.6 is 15.9 Å². The highest BCUT2D eigenvalue weighted by Crippen LogP contribution is 2.24. The third kappa shape index (κ3) is 2.66. The van der Waals surface area contributed by atoms with Crippen LogP contribution in [0.4, 0.5) is 0 Å². The van der Waals surface area contributed by atoms with Crippen LogP contribution in [0.3, 0.4) is 0 Å². The molecule has 2 heterocycles. The maximum atomic E-state index is 5.17. The summed E-state index contributed by atoms with van der Waals surface area (Å²) in [5, 5.41) is 3.94. The first-order valence-electron chi connectivity index (χ1n) is 5.15. The minimum absolute atomic E-state index is 0.145. The van der Waals surface area contributed by atoms with Gasteiger partial charge in [-0.15, -0.1) is 0 Å². The van der Waals surface area contributed by atoms with Gasteiger partial charge in [0.15, 0.2) is 5.82 Å². The van der Waals surface area contributed by atoms with Crippen molar-refractivity contribution < 1.29 is 4.52 Å². The number of hydrogen-bond donors (Lipinski definition) is 0. The van der Waals surface area contributed by atoms with Crippen molar-refractivity contribution in [2.75, 3.05) is 0 Å². The highest BCUT2D eigenvalue weighted by atomic mass is 79.9. The molecule has 0 saturated carbocycles. The molecule has 5 heteroatoms. The molecule has 0 fully saturated rings. The van der Waals surface area contributed by atoms with Gasteiger partial charge in [0, 0.05) is 18.8 Å². The van der Waals surface area contributed by atoms with Gasteiger partial charge in [-0.3, -0.25) is 4.98 Å². The lowest BCUT2D eigenvalue weighted by atomic mass is 10.2. The maximum absolute atomic E-state index is 5.17. The molecule has 0 aliphatic heterocycles. The van der Waals surface area contributed by atoms with E-state index >= 15 is 0 Å². The Morgan fingerprint density at radius 2 is 2.12 bits per heavy atom. The first-order chi connectivity index (χ1) is 7.79. The average molecular weight is 282 g/mol. The van der Waals surface area contributed by atoms with Gasteiger partial charge in [-0.25, -0.2) is 0 Å². The zero-order chi connectivity index (χ0) is 11.4. The Morgan fingerprint density at radius 1 is 1.38 bits per heavy atom. The standard InChI is InChI=1S/C11H12BrN3O/c1-2-9(12)11-14-10(15-16-11)7-8-3-5-13-6-4-8/h3-6,9H,2,7H2,1H3. The Morgan fingerprint density at radius 3 is 2.81 bits per heavy atom. The highest BCUT2D eigenvalue weighted by Gasteiger charge is 2.13. The fraction of sp³-hybridized carbons (Fsp3) is 0.364. The number of rotatable bonds is 4. The summed E-state index contributed by atoms with van der Waals surface area (Å²) in [6.07, 6.45) is 5.12. The van der Waals surface area contributed by atoms with Crippen LogP contribution in [0.25, 0.3) is 0 Å². The second-order valence-corrected chi connectivity index (χ2v) is 4.56. The summed E-state index contributed by atoms with van der Waals surface area (Å²) in [5.74, 6) is 1.35. The third-order valence-electron chi connectivity index (χ3n) is 2.22. The van der Waals surface area contributed by atoms with E-state index in [9.17, 15) is 0 Å².